The molecule has 0 unspecified atom stereocenters. The monoisotopic (exact) mass is 145 g/mol. The summed E-state index contributed by atoms with van der Waals surface area (Å²) < 4.78 is -0.0694. The first-order valence-corrected chi connectivity index (χ1v) is 4.03. The lowest BCUT2D eigenvalue weighted by molar-refractivity contribution is -0.920. The fourth-order valence-corrected chi connectivity index (χ4v) is 1.33. The minimum atomic E-state index is -0.0694. The lowest BCUT2D eigenvalue weighted by Gasteiger charge is -2.49. The van der Waals surface area contributed by atoms with Crippen LogP contribution in [0.15, 0.2) is 0 Å². The maximum Gasteiger partial charge on any atom is 0.0832 e. The second-order valence-corrected chi connectivity index (χ2v) is 3.36. The summed E-state index contributed by atoms with van der Waals surface area (Å²) in [5.41, 5.74) is 0. The van der Waals surface area contributed by atoms with E-state index in [1.165, 1.54) is 0 Å². The molecular weight excluding hydrogens is 126 g/mol. The van der Waals surface area contributed by atoms with Crippen LogP contribution in [0.5, 0.6) is 0 Å². The van der Waals surface area contributed by atoms with Crippen molar-refractivity contribution >= 4 is 0 Å². The molecule has 0 aromatic rings. The SMILES string of the molecule is CC[N+]([O-])(C(C)C)C(C)C. The van der Waals surface area contributed by atoms with Crippen LogP contribution in [0.3, 0.4) is 0 Å². The predicted octanol–water partition coefficient (Wildman–Crippen LogP) is 2.14. The minimum absolute atomic E-state index is 0.0694. The Hall–Kier alpha value is -0.0800. The molecular formula is C8H19NO. The second kappa shape index (κ2) is 3.35. The van der Waals surface area contributed by atoms with Gasteiger partial charge in [-0.3, -0.25) is 0 Å². The molecule has 0 radical (unpaired) electrons. The van der Waals surface area contributed by atoms with Gasteiger partial charge in [-0.15, -0.1) is 0 Å². The summed E-state index contributed by atoms with van der Waals surface area (Å²) in [6.45, 7) is 10.6. The zero-order valence-corrected chi connectivity index (χ0v) is 7.72. The third-order valence-electron chi connectivity index (χ3n) is 2.24. The molecule has 0 N–H and O–H groups in total. The average Bonchev–Trinajstić information content (AvgIpc) is 1.85. The third kappa shape index (κ3) is 1.70. The van der Waals surface area contributed by atoms with E-state index in [2.05, 4.69) is 0 Å². The van der Waals surface area contributed by atoms with E-state index in [0.717, 1.165) is 0 Å². The van der Waals surface area contributed by atoms with Gasteiger partial charge in [0, 0.05) is 0 Å². The Morgan fingerprint density at radius 3 is 1.40 bits per heavy atom. The quantitative estimate of drug-likeness (QED) is 0.440. The van der Waals surface area contributed by atoms with E-state index < -0.39 is 0 Å². The topological polar surface area (TPSA) is 23.1 Å². The van der Waals surface area contributed by atoms with Crippen LogP contribution in [0, 0.1) is 5.21 Å². The van der Waals surface area contributed by atoms with Crippen LogP contribution >= 0.6 is 0 Å². The van der Waals surface area contributed by atoms with Gasteiger partial charge in [-0.2, -0.15) is 0 Å². The van der Waals surface area contributed by atoms with Gasteiger partial charge in [-0.25, -0.2) is 0 Å². The van der Waals surface area contributed by atoms with Crippen molar-refractivity contribution in [3.63, 3.8) is 0 Å². The molecule has 0 spiro atoms. The van der Waals surface area contributed by atoms with Crippen LogP contribution < -0.4 is 0 Å². The van der Waals surface area contributed by atoms with Gasteiger partial charge in [-0.05, 0) is 34.6 Å². The summed E-state index contributed by atoms with van der Waals surface area (Å²) >= 11 is 0. The van der Waals surface area contributed by atoms with Crippen molar-refractivity contribution in [2.75, 3.05) is 6.54 Å². The molecule has 10 heavy (non-hydrogen) atoms. The van der Waals surface area contributed by atoms with E-state index in [-0.39, 0.29) is 16.7 Å². The van der Waals surface area contributed by atoms with Crippen molar-refractivity contribution in [1.29, 1.82) is 0 Å². The van der Waals surface area contributed by atoms with Crippen LogP contribution in [-0.2, 0) is 0 Å². The second-order valence-electron chi connectivity index (χ2n) is 3.36. The Balaban J connectivity index is 4.23. The number of hydrogen-bond acceptors (Lipinski definition) is 1. The number of hydroxylamine groups is 3. The molecule has 0 bridgehead atoms. The first kappa shape index (κ1) is 9.92. The van der Waals surface area contributed by atoms with Crippen LogP contribution in [0.4, 0.5) is 0 Å². The van der Waals surface area contributed by atoms with Gasteiger partial charge >= 0.3 is 0 Å². The molecule has 2 nitrogen and oxygen atoms in total. The van der Waals surface area contributed by atoms with E-state index >= 15 is 0 Å². The minimum Gasteiger partial charge on any atom is -0.632 e. The Labute approximate surface area is 64.0 Å². The third-order valence-corrected chi connectivity index (χ3v) is 2.24. The maximum absolute atomic E-state index is 11.8. The summed E-state index contributed by atoms with van der Waals surface area (Å²) in [4.78, 5) is 0. The molecule has 0 saturated heterocycles. The van der Waals surface area contributed by atoms with Crippen molar-refractivity contribution in [3.05, 3.63) is 5.21 Å². The Morgan fingerprint density at radius 2 is 1.40 bits per heavy atom. The standard InChI is InChI=1S/C8H19NO/c1-6-9(10,7(2)3)8(4)5/h7-8H,6H2,1-5H3. The highest BCUT2D eigenvalue weighted by Gasteiger charge is 2.22. The van der Waals surface area contributed by atoms with E-state index in [1.807, 2.05) is 34.6 Å². The molecule has 2 heteroatoms. The summed E-state index contributed by atoms with van der Waals surface area (Å²) in [5, 5.41) is 11.8. The van der Waals surface area contributed by atoms with Crippen LogP contribution in [0.1, 0.15) is 34.6 Å². The lowest BCUT2D eigenvalue weighted by Crippen LogP contribution is -2.52. The molecule has 0 aromatic carbocycles. The smallest absolute Gasteiger partial charge is 0.0832 e. The van der Waals surface area contributed by atoms with Gasteiger partial charge in [0.2, 0.25) is 0 Å². The van der Waals surface area contributed by atoms with Gasteiger partial charge in [0.05, 0.1) is 18.6 Å². The van der Waals surface area contributed by atoms with E-state index in [0.29, 0.717) is 6.54 Å². The Kier molecular flexibility index (Phi) is 3.33. The fourth-order valence-electron chi connectivity index (χ4n) is 1.33. The van der Waals surface area contributed by atoms with E-state index in [9.17, 15) is 5.21 Å². The zero-order valence-electron chi connectivity index (χ0n) is 7.72. The number of rotatable bonds is 3. The summed E-state index contributed by atoms with van der Waals surface area (Å²) in [7, 11) is 0. The molecule has 0 rings (SSSR count). The normalized spacial score (nSPS) is 13.2. The van der Waals surface area contributed by atoms with Gasteiger partial charge in [-0.1, -0.05) is 0 Å². The Morgan fingerprint density at radius 1 is 1.10 bits per heavy atom. The van der Waals surface area contributed by atoms with Crippen LogP contribution in [0.25, 0.3) is 0 Å². The molecule has 0 aliphatic heterocycles. The number of hydrogen-bond donors (Lipinski definition) is 0. The van der Waals surface area contributed by atoms with E-state index in [4.69, 9.17) is 0 Å². The largest absolute Gasteiger partial charge is 0.632 e. The average molecular weight is 145 g/mol. The highest BCUT2D eigenvalue weighted by molar-refractivity contribution is 4.51. The summed E-state index contributed by atoms with van der Waals surface area (Å²) in [5.74, 6) is 0. The molecule has 0 aliphatic carbocycles. The molecule has 0 saturated carbocycles. The molecule has 0 atom stereocenters. The Bertz CT molecular complexity index is 91.4. The van der Waals surface area contributed by atoms with E-state index in [1.54, 1.807) is 0 Å². The van der Waals surface area contributed by atoms with Gasteiger partial charge < -0.3 is 9.85 Å². The lowest BCUT2D eigenvalue weighted by atomic mass is 10.2. The van der Waals surface area contributed by atoms with Gasteiger partial charge in [0.1, 0.15) is 0 Å². The predicted molar refractivity (Wildman–Crippen MR) is 44.4 cm³/mol. The van der Waals surface area contributed by atoms with Crippen molar-refractivity contribution in [3.8, 4) is 0 Å². The zero-order chi connectivity index (χ0) is 8.36. The molecule has 0 heterocycles. The first-order valence-electron chi connectivity index (χ1n) is 4.03. The summed E-state index contributed by atoms with van der Waals surface area (Å²) in [6, 6.07) is 0.370. The van der Waals surface area contributed by atoms with Gasteiger partial charge in [0.15, 0.2) is 0 Å². The van der Waals surface area contributed by atoms with Crippen molar-refractivity contribution < 1.29 is 4.65 Å². The highest BCUT2D eigenvalue weighted by Crippen LogP contribution is 2.15. The van der Waals surface area contributed by atoms with Gasteiger partial charge in [0.25, 0.3) is 0 Å². The molecule has 62 valence electrons. The number of quaternary nitrogens is 1. The highest BCUT2D eigenvalue weighted by atomic mass is 16.5. The van der Waals surface area contributed by atoms with Crippen LogP contribution in [-0.4, -0.2) is 23.3 Å². The summed E-state index contributed by atoms with van der Waals surface area (Å²) in [6.07, 6.45) is 0. The maximum atomic E-state index is 11.8. The number of nitrogens with zero attached hydrogens (tertiary/aromatic N) is 1. The fraction of sp³-hybridized carbons (Fsp3) is 1.00. The molecule has 0 fully saturated rings. The van der Waals surface area contributed by atoms with Crippen LogP contribution in [0.2, 0.25) is 0 Å². The molecule has 0 aromatic heterocycles. The van der Waals surface area contributed by atoms with Crippen molar-refractivity contribution in [2.45, 2.75) is 46.7 Å². The molecule has 0 aliphatic rings. The first-order chi connectivity index (χ1) is 4.45. The van der Waals surface area contributed by atoms with Crippen molar-refractivity contribution in [1.82, 2.24) is 0 Å². The molecule has 0 amide bonds. The van der Waals surface area contributed by atoms with Crippen molar-refractivity contribution in [2.24, 2.45) is 0 Å².